The highest BCUT2D eigenvalue weighted by atomic mass is 32.1. The Morgan fingerprint density at radius 3 is 2.79 bits per heavy atom. The van der Waals surface area contributed by atoms with E-state index in [0.29, 0.717) is 23.1 Å². The first-order valence-corrected chi connectivity index (χ1v) is 11.3. The number of anilines is 1. The van der Waals surface area contributed by atoms with Gasteiger partial charge in [-0.05, 0) is 57.1 Å². The summed E-state index contributed by atoms with van der Waals surface area (Å²) in [5.74, 6) is -0.299. The third-order valence-corrected chi connectivity index (χ3v) is 6.95. The SMILES string of the molecule is CCOC(=O)c1c(NC(=O)CN2CCCC[C@H]2CC(N)=O)sc2c1CC[C@H](C)C2. The quantitative estimate of drug-likeness (QED) is 0.659. The summed E-state index contributed by atoms with van der Waals surface area (Å²) in [6.45, 7) is 5.26. The van der Waals surface area contributed by atoms with E-state index in [-0.39, 0.29) is 36.8 Å². The van der Waals surface area contributed by atoms with Gasteiger partial charge in [0, 0.05) is 17.3 Å². The van der Waals surface area contributed by atoms with E-state index in [9.17, 15) is 14.4 Å². The zero-order valence-corrected chi connectivity index (χ0v) is 18.1. The highest BCUT2D eigenvalue weighted by Gasteiger charge is 2.30. The molecule has 2 aliphatic rings. The number of nitrogens with one attached hydrogen (secondary N) is 1. The van der Waals surface area contributed by atoms with E-state index in [2.05, 4.69) is 12.2 Å². The number of ether oxygens (including phenoxy) is 1. The summed E-state index contributed by atoms with van der Waals surface area (Å²) in [5.41, 5.74) is 6.93. The average Bonchev–Trinajstić information content (AvgIpc) is 2.99. The number of rotatable bonds is 7. The molecule has 1 aliphatic heterocycles. The van der Waals surface area contributed by atoms with Crippen LogP contribution in [0.4, 0.5) is 5.00 Å². The van der Waals surface area contributed by atoms with Crippen LogP contribution in [0.5, 0.6) is 0 Å². The fourth-order valence-electron chi connectivity index (χ4n) is 4.34. The fourth-order valence-corrected chi connectivity index (χ4v) is 5.76. The summed E-state index contributed by atoms with van der Waals surface area (Å²) in [5, 5.41) is 3.56. The van der Waals surface area contributed by atoms with E-state index in [1.807, 2.05) is 4.90 Å². The zero-order valence-electron chi connectivity index (χ0n) is 17.3. The molecule has 160 valence electrons. The van der Waals surface area contributed by atoms with Gasteiger partial charge < -0.3 is 15.8 Å². The van der Waals surface area contributed by atoms with Crippen LogP contribution >= 0.6 is 11.3 Å². The van der Waals surface area contributed by atoms with Crippen molar-refractivity contribution in [1.29, 1.82) is 0 Å². The summed E-state index contributed by atoms with van der Waals surface area (Å²) < 4.78 is 5.27. The van der Waals surface area contributed by atoms with E-state index in [0.717, 1.165) is 50.6 Å². The molecule has 1 aromatic heterocycles. The van der Waals surface area contributed by atoms with Crippen LogP contribution in [0.2, 0.25) is 0 Å². The smallest absolute Gasteiger partial charge is 0.341 e. The largest absolute Gasteiger partial charge is 0.462 e. The number of carbonyl (C=O) groups is 3. The van der Waals surface area contributed by atoms with E-state index < -0.39 is 0 Å². The van der Waals surface area contributed by atoms with Gasteiger partial charge in [0.2, 0.25) is 11.8 Å². The molecule has 0 spiro atoms. The second-order valence-electron chi connectivity index (χ2n) is 8.12. The number of esters is 1. The summed E-state index contributed by atoms with van der Waals surface area (Å²) in [6, 6.07) is 0.00826. The molecule has 2 heterocycles. The maximum absolute atomic E-state index is 12.8. The Hall–Kier alpha value is -1.93. The minimum Gasteiger partial charge on any atom is -0.462 e. The highest BCUT2D eigenvalue weighted by molar-refractivity contribution is 7.17. The predicted octanol–water partition coefficient (Wildman–Crippen LogP) is 2.72. The number of piperidine rings is 1. The molecule has 2 atom stereocenters. The molecule has 1 saturated heterocycles. The van der Waals surface area contributed by atoms with Crippen LogP contribution in [0.25, 0.3) is 0 Å². The number of thiophene rings is 1. The molecule has 7 nitrogen and oxygen atoms in total. The van der Waals surface area contributed by atoms with Gasteiger partial charge in [0.05, 0.1) is 18.7 Å². The van der Waals surface area contributed by atoms with Crippen LogP contribution in [-0.4, -0.2) is 48.4 Å². The lowest BCUT2D eigenvalue weighted by molar-refractivity contribution is -0.122. The first-order chi connectivity index (χ1) is 13.9. The molecule has 1 fully saturated rings. The third-order valence-electron chi connectivity index (χ3n) is 5.78. The standard InChI is InChI=1S/C21H31N3O4S/c1-3-28-21(27)19-15-8-7-13(2)10-16(15)29-20(19)23-18(26)12-24-9-5-4-6-14(24)11-17(22)25/h13-14H,3-12H2,1-2H3,(H2,22,25)(H,23,26)/t13-,14-/m0/s1. The second-order valence-corrected chi connectivity index (χ2v) is 9.22. The van der Waals surface area contributed by atoms with Crippen molar-refractivity contribution in [2.24, 2.45) is 11.7 Å². The number of likely N-dealkylation sites (tertiary alicyclic amines) is 1. The van der Waals surface area contributed by atoms with Crippen LogP contribution in [-0.2, 0) is 27.2 Å². The van der Waals surface area contributed by atoms with Gasteiger partial charge in [-0.3, -0.25) is 14.5 Å². The number of hydrogen-bond acceptors (Lipinski definition) is 6. The van der Waals surface area contributed by atoms with Crippen LogP contribution in [0.3, 0.4) is 0 Å². The van der Waals surface area contributed by atoms with E-state index in [1.165, 1.54) is 16.2 Å². The summed E-state index contributed by atoms with van der Waals surface area (Å²) in [6.07, 6.45) is 5.98. The van der Waals surface area contributed by atoms with Gasteiger partial charge in [0.1, 0.15) is 5.00 Å². The number of nitrogens with zero attached hydrogens (tertiary/aromatic N) is 1. The minimum absolute atomic E-state index is 0.00826. The molecule has 3 rings (SSSR count). The molecule has 0 saturated carbocycles. The lowest BCUT2D eigenvalue weighted by atomic mass is 9.88. The molecule has 0 radical (unpaired) electrons. The van der Waals surface area contributed by atoms with Gasteiger partial charge in [-0.2, -0.15) is 0 Å². The molecule has 29 heavy (non-hydrogen) atoms. The Balaban J connectivity index is 1.75. The molecule has 1 aliphatic carbocycles. The molecule has 3 N–H and O–H groups in total. The number of carbonyl (C=O) groups excluding carboxylic acids is 3. The topological polar surface area (TPSA) is 102 Å². The van der Waals surface area contributed by atoms with E-state index >= 15 is 0 Å². The maximum atomic E-state index is 12.8. The molecule has 0 aromatic carbocycles. The lowest BCUT2D eigenvalue weighted by Gasteiger charge is -2.34. The van der Waals surface area contributed by atoms with Gasteiger partial charge in [-0.1, -0.05) is 13.3 Å². The minimum atomic E-state index is -0.362. The maximum Gasteiger partial charge on any atom is 0.341 e. The first-order valence-electron chi connectivity index (χ1n) is 10.5. The first kappa shape index (κ1) is 21.8. The van der Waals surface area contributed by atoms with Gasteiger partial charge >= 0.3 is 5.97 Å². The van der Waals surface area contributed by atoms with Crippen LogP contribution in [0, 0.1) is 5.92 Å². The van der Waals surface area contributed by atoms with Crippen LogP contribution in [0.1, 0.15) is 66.8 Å². The molecule has 2 amide bonds. The fraction of sp³-hybridized carbons (Fsp3) is 0.667. The summed E-state index contributed by atoms with van der Waals surface area (Å²) >= 11 is 1.50. The molecule has 0 unspecified atom stereocenters. The lowest BCUT2D eigenvalue weighted by Crippen LogP contribution is -2.45. The van der Waals surface area contributed by atoms with Crippen molar-refractivity contribution in [1.82, 2.24) is 4.90 Å². The number of amides is 2. The Kier molecular flexibility index (Phi) is 7.29. The third kappa shape index (κ3) is 5.36. The van der Waals surface area contributed by atoms with Crippen molar-refractivity contribution in [2.75, 3.05) is 25.0 Å². The zero-order chi connectivity index (χ0) is 21.0. The van der Waals surface area contributed by atoms with Crippen LogP contribution in [0.15, 0.2) is 0 Å². The van der Waals surface area contributed by atoms with Crippen molar-refractivity contribution < 1.29 is 19.1 Å². The number of fused-ring (bicyclic) bond motifs is 1. The van der Waals surface area contributed by atoms with Gasteiger partial charge in [0.15, 0.2) is 0 Å². The second kappa shape index (κ2) is 9.71. The number of primary amides is 1. The van der Waals surface area contributed by atoms with Crippen molar-refractivity contribution in [3.05, 3.63) is 16.0 Å². The Bertz CT molecular complexity index is 776. The Labute approximate surface area is 176 Å². The molecule has 1 aromatic rings. The van der Waals surface area contributed by atoms with Gasteiger partial charge in [0.25, 0.3) is 0 Å². The summed E-state index contributed by atoms with van der Waals surface area (Å²) in [4.78, 5) is 40.0. The Morgan fingerprint density at radius 1 is 1.28 bits per heavy atom. The highest BCUT2D eigenvalue weighted by Crippen LogP contribution is 2.40. The number of hydrogen-bond donors (Lipinski definition) is 2. The monoisotopic (exact) mass is 421 g/mol. The Morgan fingerprint density at radius 2 is 2.07 bits per heavy atom. The van der Waals surface area contributed by atoms with Crippen LogP contribution < -0.4 is 11.1 Å². The predicted molar refractivity (Wildman–Crippen MR) is 113 cm³/mol. The van der Waals surface area contributed by atoms with Crippen molar-refractivity contribution in [3.8, 4) is 0 Å². The van der Waals surface area contributed by atoms with E-state index in [4.69, 9.17) is 10.5 Å². The average molecular weight is 422 g/mol. The van der Waals surface area contributed by atoms with Crippen molar-refractivity contribution >= 4 is 34.1 Å². The molecule has 0 bridgehead atoms. The summed E-state index contributed by atoms with van der Waals surface area (Å²) in [7, 11) is 0. The molecular weight excluding hydrogens is 390 g/mol. The van der Waals surface area contributed by atoms with E-state index in [1.54, 1.807) is 6.92 Å². The van der Waals surface area contributed by atoms with Crippen molar-refractivity contribution in [3.63, 3.8) is 0 Å². The van der Waals surface area contributed by atoms with Crippen molar-refractivity contribution in [2.45, 2.75) is 64.8 Å². The van der Waals surface area contributed by atoms with Gasteiger partial charge in [-0.25, -0.2) is 4.79 Å². The molecular formula is C21H31N3O4S. The molecule has 8 heteroatoms. The van der Waals surface area contributed by atoms with Gasteiger partial charge in [-0.15, -0.1) is 11.3 Å². The normalized spacial score (nSPS) is 22.0. The number of nitrogens with two attached hydrogens (primary N) is 1.